The van der Waals surface area contributed by atoms with E-state index in [1.807, 2.05) is 42.5 Å². The smallest absolute Gasteiger partial charge is 0.227 e. The second kappa shape index (κ2) is 6.96. The summed E-state index contributed by atoms with van der Waals surface area (Å²) in [6, 6.07) is 17.7. The summed E-state index contributed by atoms with van der Waals surface area (Å²) in [4.78, 5) is 21.4. The van der Waals surface area contributed by atoms with Crippen molar-refractivity contribution in [1.82, 2.24) is 9.97 Å². The van der Waals surface area contributed by atoms with Crippen molar-refractivity contribution in [3.8, 4) is 5.75 Å². The molecule has 0 fully saturated rings. The lowest BCUT2D eigenvalue weighted by molar-refractivity contribution is 0.0962. The van der Waals surface area contributed by atoms with Gasteiger partial charge in [-0.2, -0.15) is 0 Å². The normalized spacial score (nSPS) is 16.0. The van der Waals surface area contributed by atoms with E-state index in [0.717, 1.165) is 23.6 Å². The maximum atomic E-state index is 12.5. The maximum absolute atomic E-state index is 12.5. The number of nitrogens with zero attached hydrogens (tertiary/aromatic N) is 2. The topological polar surface area (TPSA) is 64.1 Å². The molecule has 1 heterocycles. The molecule has 0 bridgehead atoms. The molecule has 26 heavy (non-hydrogen) atoms. The molecule has 0 aliphatic heterocycles. The monoisotopic (exact) mass is 345 g/mol. The van der Waals surface area contributed by atoms with Crippen LogP contribution in [0, 0.1) is 0 Å². The van der Waals surface area contributed by atoms with Gasteiger partial charge in [-0.15, -0.1) is 0 Å². The molecule has 1 aliphatic rings. The van der Waals surface area contributed by atoms with Crippen molar-refractivity contribution in [3.63, 3.8) is 0 Å². The number of aromatic nitrogens is 2. The molecule has 1 atom stereocenters. The zero-order valence-electron chi connectivity index (χ0n) is 14.5. The summed E-state index contributed by atoms with van der Waals surface area (Å²) in [7, 11) is 1.63. The van der Waals surface area contributed by atoms with Crippen LogP contribution >= 0.6 is 0 Å². The van der Waals surface area contributed by atoms with Crippen molar-refractivity contribution in [2.75, 3.05) is 12.4 Å². The third kappa shape index (κ3) is 3.28. The molecule has 5 nitrogen and oxygen atoms in total. The Balaban J connectivity index is 1.58. The molecule has 5 heteroatoms. The fourth-order valence-electron chi connectivity index (χ4n) is 3.27. The summed E-state index contributed by atoms with van der Waals surface area (Å²) in [6.07, 6.45) is 2.88. The first-order valence-electron chi connectivity index (χ1n) is 8.58. The number of hydrogen-bond donors (Lipinski definition) is 1. The van der Waals surface area contributed by atoms with Crippen LogP contribution < -0.4 is 10.1 Å². The Bertz CT molecular complexity index is 924. The van der Waals surface area contributed by atoms with Gasteiger partial charge in [0.05, 0.1) is 18.4 Å². The largest absolute Gasteiger partial charge is 0.497 e. The van der Waals surface area contributed by atoms with Gasteiger partial charge in [-0.05, 0) is 42.2 Å². The lowest BCUT2D eigenvalue weighted by atomic mass is 9.82. The number of carbonyl (C=O) groups excluding carboxylic acids is 1. The van der Waals surface area contributed by atoms with E-state index < -0.39 is 0 Å². The molecule has 2 aromatic carbocycles. The summed E-state index contributed by atoms with van der Waals surface area (Å²) in [6.45, 7) is 0. The molecule has 0 saturated carbocycles. The standard InChI is InChI=1S/C21H19N3O2/c1-26-17-9-7-16(8-10-17)23-21-22-13-18-19(24-21)11-15(12-20(18)25)14-5-3-2-4-6-14/h2-10,13,15H,11-12H2,1H3,(H,22,23,24)/t15-/m1/s1. The van der Waals surface area contributed by atoms with Crippen molar-refractivity contribution in [2.45, 2.75) is 18.8 Å². The van der Waals surface area contributed by atoms with E-state index in [-0.39, 0.29) is 11.7 Å². The van der Waals surface area contributed by atoms with Gasteiger partial charge >= 0.3 is 0 Å². The molecule has 0 saturated heterocycles. The number of Topliss-reactive ketones (excluding diaryl/α,β-unsaturated/α-hetero) is 1. The van der Waals surface area contributed by atoms with Crippen molar-refractivity contribution in [3.05, 3.63) is 77.6 Å². The molecule has 3 aromatic rings. The van der Waals surface area contributed by atoms with Crippen LogP contribution in [0.4, 0.5) is 11.6 Å². The van der Waals surface area contributed by atoms with E-state index in [2.05, 4.69) is 27.4 Å². The minimum atomic E-state index is 0.108. The highest BCUT2D eigenvalue weighted by Gasteiger charge is 2.27. The third-order valence-corrected chi connectivity index (χ3v) is 4.66. The Morgan fingerprint density at radius 3 is 2.54 bits per heavy atom. The van der Waals surface area contributed by atoms with Crippen LogP contribution in [-0.2, 0) is 6.42 Å². The van der Waals surface area contributed by atoms with E-state index in [9.17, 15) is 4.79 Å². The van der Waals surface area contributed by atoms with Gasteiger partial charge in [0.15, 0.2) is 5.78 Å². The van der Waals surface area contributed by atoms with Crippen LogP contribution in [0.1, 0.15) is 34.0 Å². The van der Waals surface area contributed by atoms with Gasteiger partial charge in [-0.25, -0.2) is 9.97 Å². The van der Waals surface area contributed by atoms with Crippen LogP contribution in [0.3, 0.4) is 0 Å². The maximum Gasteiger partial charge on any atom is 0.227 e. The fourth-order valence-corrected chi connectivity index (χ4v) is 3.27. The molecule has 1 aliphatic carbocycles. The Labute approximate surface area is 152 Å². The SMILES string of the molecule is COc1ccc(Nc2ncc3c(n2)C[C@@H](c2ccccc2)CC3=O)cc1. The Hall–Kier alpha value is -3.21. The fraction of sp³-hybridized carbons (Fsp3) is 0.190. The zero-order chi connectivity index (χ0) is 17.9. The molecular formula is C21H19N3O2. The zero-order valence-corrected chi connectivity index (χ0v) is 14.5. The number of methoxy groups -OCH3 is 1. The molecule has 4 rings (SSSR count). The number of carbonyl (C=O) groups is 1. The van der Waals surface area contributed by atoms with E-state index in [1.54, 1.807) is 13.3 Å². The summed E-state index contributed by atoms with van der Waals surface area (Å²) < 4.78 is 5.16. The van der Waals surface area contributed by atoms with Gasteiger partial charge in [0.1, 0.15) is 5.75 Å². The van der Waals surface area contributed by atoms with Gasteiger partial charge in [0, 0.05) is 18.3 Å². The summed E-state index contributed by atoms with van der Waals surface area (Å²) in [5.41, 5.74) is 3.49. The first-order valence-corrected chi connectivity index (χ1v) is 8.58. The van der Waals surface area contributed by atoms with Crippen LogP contribution in [0.2, 0.25) is 0 Å². The van der Waals surface area contributed by atoms with Crippen LogP contribution in [-0.4, -0.2) is 22.9 Å². The lowest BCUT2D eigenvalue weighted by Gasteiger charge is -2.23. The molecule has 1 aromatic heterocycles. The predicted octanol–water partition coefficient (Wildman–Crippen LogP) is 4.14. The average molecular weight is 345 g/mol. The highest BCUT2D eigenvalue weighted by atomic mass is 16.5. The van der Waals surface area contributed by atoms with Crippen molar-refractivity contribution in [2.24, 2.45) is 0 Å². The quantitative estimate of drug-likeness (QED) is 0.770. The average Bonchev–Trinajstić information content (AvgIpc) is 2.69. The van der Waals surface area contributed by atoms with Gasteiger partial charge in [0.25, 0.3) is 0 Å². The number of rotatable bonds is 4. The van der Waals surface area contributed by atoms with E-state index in [4.69, 9.17) is 4.74 Å². The van der Waals surface area contributed by atoms with Crippen molar-refractivity contribution in [1.29, 1.82) is 0 Å². The number of fused-ring (bicyclic) bond motifs is 1. The van der Waals surface area contributed by atoms with Crippen molar-refractivity contribution < 1.29 is 9.53 Å². The van der Waals surface area contributed by atoms with E-state index in [1.165, 1.54) is 5.56 Å². The molecule has 0 unspecified atom stereocenters. The minimum Gasteiger partial charge on any atom is -0.497 e. The van der Waals surface area contributed by atoms with Crippen LogP contribution in [0.25, 0.3) is 0 Å². The molecule has 0 radical (unpaired) electrons. The number of nitrogens with one attached hydrogen (secondary N) is 1. The predicted molar refractivity (Wildman–Crippen MR) is 100 cm³/mol. The second-order valence-corrected chi connectivity index (χ2v) is 6.35. The molecule has 0 spiro atoms. The first kappa shape index (κ1) is 16.3. The Kier molecular flexibility index (Phi) is 4.35. The third-order valence-electron chi connectivity index (χ3n) is 4.66. The summed E-state index contributed by atoms with van der Waals surface area (Å²) >= 11 is 0. The number of anilines is 2. The Morgan fingerprint density at radius 2 is 1.81 bits per heavy atom. The van der Waals surface area contributed by atoms with Gasteiger partial charge in [-0.1, -0.05) is 30.3 Å². The highest BCUT2D eigenvalue weighted by molar-refractivity contribution is 5.98. The number of benzene rings is 2. The molecule has 0 amide bonds. The number of hydrogen-bond acceptors (Lipinski definition) is 5. The Morgan fingerprint density at radius 1 is 1.04 bits per heavy atom. The second-order valence-electron chi connectivity index (χ2n) is 6.35. The summed E-state index contributed by atoms with van der Waals surface area (Å²) in [5.74, 6) is 1.56. The van der Waals surface area contributed by atoms with E-state index in [0.29, 0.717) is 17.9 Å². The molecule has 1 N–H and O–H groups in total. The van der Waals surface area contributed by atoms with Gasteiger partial charge in [0.2, 0.25) is 5.95 Å². The highest BCUT2D eigenvalue weighted by Crippen LogP contribution is 2.32. The van der Waals surface area contributed by atoms with Crippen LogP contribution in [0.15, 0.2) is 60.8 Å². The van der Waals surface area contributed by atoms with Crippen molar-refractivity contribution >= 4 is 17.4 Å². The molecule has 130 valence electrons. The van der Waals surface area contributed by atoms with Gasteiger partial charge < -0.3 is 10.1 Å². The first-order chi connectivity index (χ1) is 12.7. The van der Waals surface area contributed by atoms with Crippen LogP contribution in [0.5, 0.6) is 5.75 Å². The van der Waals surface area contributed by atoms with E-state index >= 15 is 0 Å². The minimum absolute atomic E-state index is 0.108. The number of ether oxygens (including phenoxy) is 1. The lowest BCUT2D eigenvalue weighted by Crippen LogP contribution is -2.21. The number of ketones is 1. The summed E-state index contributed by atoms with van der Waals surface area (Å²) in [5, 5.41) is 3.19. The molecular weight excluding hydrogens is 326 g/mol. The van der Waals surface area contributed by atoms with Gasteiger partial charge in [-0.3, -0.25) is 4.79 Å².